The second-order valence-corrected chi connectivity index (χ2v) is 7.19. The molecule has 1 aromatic carbocycles. The Hall–Kier alpha value is -0.580. The van der Waals surface area contributed by atoms with Gasteiger partial charge in [0.2, 0.25) is 0 Å². The summed E-state index contributed by atoms with van der Waals surface area (Å²) in [6, 6.07) is 7.70. The van der Waals surface area contributed by atoms with Gasteiger partial charge >= 0.3 is 0 Å². The lowest BCUT2D eigenvalue weighted by molar-refractivity contribution is 0.249. The molecular formula is C17H28BrN3. The van der Waals surface area contributed by atoms with Crippen LogP contribution in [0.5, 0.6) is 0 Å². The van der Waals surface area contributed by atoms with Crippen LogP contribution in [0, 0.1) is 0 Å². The standard InChI is InChI=1S/C17H28BrN3/c1-4-14(19)11-13-5-6-17(16(18)12-13)21-9-7-15(8-10-21)20(2)3/h5-6,12,14-15H,4,7-11,19H2,1-3H3. The van der Waals surface area contributed by atoms with Gasteiger partial charge in [0.05, 0.1) is 5.69 Å². The second-order valence-electron chi connectivity index (χ2n) is 6.34. The number of rotatable bonds is 5. The summed E-state index contributed by atoms with van der Waals surface area (Å²) in [4.78, 5) is 4.84. The third-order valence-electron chi connectivity index (χ3n) is 4.57. The molecule has 0 saturated carbocycles. The van der Waals surface area contributed by atoms with Crippen molar-refractivity contribution in [1.29, 1.82) is 0 Å². The van der Waals surface area contributed by atoms with Gasteiger partial charge in [0.1, 0.15) is 0 Å². The van der Waals surface area contributed by atoms with Crippen LogP contribution in [0.25, 0.3) is 0 Å². The van der Waals surface area contributed by atoms with Crippen molar-refractivity contribution in [3.63, 3.8) is 0 Å². The van der Waals surface area contributed by atoms with Crippen LogP contribution in [-0.4, -0.2) is 44.2 Å². The fourth-order valence-corrected chi connectivity index (χ4v) is 3.68. The first-order valence-corrected chi connectivity index (χ1v) is 8.76. The summed E-state index contributed by atoms with van der Waals surface area (Å²) >= 11 is 3.75. The molecule has 1 aliphatic rings. The van der Waals surface area contributed by atoms with Gasteiger partial charge in [-0.2, -0.15) is 0 Å². The number of halogens is 1. The Morgan fingerprint density at radius 2 is 2.00 bits per heavy atom. The molecule has 2 N–H and O–H groups in total. The van der Waals surface area contributed by atoms with Gasteiger partial charge in [0, 0.05) is 29.6 Å². The highest BCUT2D eigenvalue weighted by molar-refractivity contribution is 9.10. The minimum atomic E-state index is 0.263. The zero-order valence-corrected chi connectivity index (χ0v) is 15.1. The van der Waals surface area contributed by atoms with Crippen molar-refractivity contribution in [2.24, 2.45) is 5.73 Å². The molecule has 21 heavy (non-hydrogen) atoms. The zero-order valence-electron chi connectivity index (χ0n) is 13.5. The molecule has 2 rings (SSSR count). The summed E-state index contributed by atoms with van der Waals surface area (Å²) in [7, 11) is 4.37. The molecule has 0 spiro atoms. The molecule has 0 bridgehead atoms. The number of hydrogen-bond donors (Lipinski definition) is 1. The molecule has 1 saturated heterocycles. The van der Waals surface area contributed by atoms with Crippen molar-refractivity contribution < 1.29 is 0 Å². The van der Waals surface area contributed by atoms with E-state index in [0.717, 1.165) is 32.0 Å². The average molecular weight is 354 g/mol. The average Bonchev–Trinajstić information content (AvgIpc) is 2.47. The number of benzene rings is 1. The molecule has 0 radical (unpaired) electrons. The summed E-state index contributed by atoms with van der Waals surface area (Å²) < 4.78 is 1.20. The quantitative estimate of drug-likeness (QED) is 0.881. The van der Waals surface area contributed by atoms with E-state index >= 15 is 0 Å². The predicted octanol–water partition coefficient (Wildman–Crippen LogP) is 3.26. The third-order valence-corrected chi connectivity index (χ3v) is 5.20. The van der Waals surface area contributed by atoms with Gasteiger partial charge in [-0.3, -0.25) is 0 Å². The van der Waals surface area contributed by atoms with Crippen LogP contribution >= 0.6 is 15.9 Å². The normalized spacial score (nSPS) is 18.3. The van der Waals surface area contributed by atoms with Crippen LogP contribution in [0.2, 0.25) is 0 Å². The van der Waals surface area contributed by atoms with Gasteiger partial charge < -0.3 is 15.5 Å². The summed E-state index contributed by atoms with van der Waals surface area (Å²) in [6.07, 6.45) is 4.46. The van der Waals surface area contributed by atoms with Crippen LogP contribution in [0.15, 0.2) is 22.7 Å². The largest absolute Gasteiger partial charge is 0.371 e. The Balaban J connectivity index is 2.01. The number of piperidine rings is 1. The fourth-order valence-electron chi connectivity index (χ4n) is 3.00. The molecule has 1 atom stereocenters. The Morgan fingerprint density at radius 3 is 2.52 bits per heavy atom. The van der Waals surface area contributed by atoms with Crippen molar-refractivity contribution >= 4 is 21.6 Å². The van der Waals surface area contributed by atoms with Crippen LogP contribution < -0.4 is 10.6 Å². The molecule has 1 aliphatic heterocycles. The van der Waals surface area contributed by atoms with E-state index < -0.39 is 0 Å². The van der Waals surface area contributed by atoms with E-state index in [1.54, 1.807) is 0 Å². The third kappa shape index (κ3) is 4.44. The Bertz CT molecular complexity index is 453. The predicted molar refractivity (Wildman–Crippen MR) is 95.0 cm³/mol. The highest BCUT2D eigenvalue weighted by Crippen LogP contribution is 2.30. The summed E-state index contributed by atoms with van der Waals surface area (Å²) in [5.41, 5.74) is 8.69. The molecule has 0 aliphatic carbocycles. The van der Waals surface area contributed by atoms with Crippen LogP contribution in [0.1, 0.15) is 31.7 Å². The van der Waals surface area contributed by atoms with Gasteiger partial charge in [-0.15, -0.1) is 0 Å². The van der Waals surface area contributed by atoms with E-state index in [2.05, 4.69) is 64.9 Å². The lowest BCUT2D eigenvalue weighted by atomic mass is 10.0. The fraction of sp³-hybridized carbons (Fsp3) is 0.647. The summed E-state index contributed by atoms with van der Waals surface area (Å²) in [5, 5.41) is 0. The topological polar surface area (TPSA) is 32.5 Å². The summed E-state index contributed by atoms with van der Waals surface area (Å²) in [6.45, 7) is 4.41. The number of nitrogens with zero attached hydrogens (tertiary/aromatic N) is 2. The van der Waals surface area contributed by atoms with Crippen LogP contribution in [0.3, 0.4) is 0 Å². The first-order valence-electron chi connectivity index (χ1n) is 7.96. The molecule has 3 nitrogen and oxygen atoms in total. The van der Waals surface area contributed by atoms with Crippen molar-refractivity contribution in [1.82, 2.24) is 4.90 Å². The second kappa shape index (κ2) is 7.61. The molecule has 1 heterocycles. The minimum Gasteiger partial charge on any atom is -0.371 e. The van der Waals surface area contributed by atoms with Crippen molar-refractivity contribution in [2.45, 2.75) is 44.7 Å². The van der Waals surface area contributed by atoms with E-state index in [1.807, 2.05) is 0 Å². The number of hydrogen-bond acceptors (Lipinski definition) is 3. The molecular weight excluding hydrogens is 326 g/mol. The molecule has 1 aromatic rings. The first-order chi connectivity index (χ1) is 10.0. The minimum absolute atomic E-state index is 0.263. The monoisotopic (exact) mass is 353 g/mol. The van der Waals surface area contributed by atoms with E-state index in [4.69, 9.17) is 5.73 Å². The highest BCUT2D eigenvalue weighted by Gasteiger charge is 2.21. The van der Waals surface area contributed by atoms with E-state index in [9.17, 15) is 0 Å². The SMILES string of the molecule is CCC(N)Cc1ccc(N2CCC(N(C)C)CC2)c(Br)c1. The van der Waals surface area contributed by atoms with Gasteiger partial charge in [0.25, 0.3) is 0 Å². The van der Waals surface area contributed by atoms with Gasteiger partial charge in [-0.05, 0) is 73.4 Å². The lowest BCUT2D eigenvalue weighted by Crippen LogP contribution is -2.42. The van der Waals surface area contributed by atoms with Crippen molar-refractivity contribution in [2.75, 3.05) is 32.1 Å². The Labute approximate surface area is 137 Å². The van der Waals surface area contributed by atoms with Crippen molar-refractivity contribution in [3.05, 3.63) is 28.2 Å². The smallest absolute Gasteiger partial charge is 0.0510 e. The van der Waals surface area contributed by atoms with Gasteiger partial charge in [-0.1, -0.05) is 13.0 Å². The Kier molecular flexibility index (Phi) is 6.08. The van der Waals surface area contributed by atoms with E-state index in [0.29, 0.717) is 0 Å². The van der Waals surface area contributed by atoms with E-state index in [1.165, 1.54) is 28.6 Å². The maximum atomic E-state index is 6.05. The number of anilines is 1. The van der Waals surface area contributed by atoms with Crippen molar-refractivity contribution in [3.8, 4) is 0 Å². The molecule has 118 valence electrons. The number of nitrogens with two attached hydrogens (primary N) is 1. The maximum Gasteiger partial charge on any atom is 0.0510 e. The van der Waals surface area contributed by atoms with Crippen LogP contribution in [-0.2, 0) is 6.42 Å². The summed E-state index contributed by atoms with van der Waals surface area (Å²) in [5.74, 6) is 0. The highest BCUT2D eigenvalue weighted by atomic mass is 79.9. The first kappa shape index (κ1) is 16.8. The van der Waals surface area contributed by atoms with Gasteiger partial charge in [-0.25, -0.2) is 0 Å². The maximum absolute atomic E-state index is 6.05. The molecule has 1 unspecified atom stereocenters. The van der Waals surface area contributed by atoms with Gasteiger partial charge in [0.15, 0.2) is 0 Å². The molecule has 4 heteroatoms. The molecule has 0 amide bonds. The lowest BCUT2D eigenvalue weighted by Gasteiger charge is -2.37. The molecule has 1 fully saturated rings. The zero-order chi connectivity index (χ0) is 15.4. The van der Waals surface area contributed by atoms with Crippen LogP contribution in [0.4, 0.5) is 5.69 Å². The Morgan fingerprint density at radius 1 is 1.33 bits per heavy atom. The molecule has 0 aromatic heterocycles. The van der Waals surface area contributed by atoms with E-state index in [-0.39, 0.29) is 6.04 Å².